The molecular weight excluding hydrogens is 286 g/mol. The lowest BCUT2D eigenvalue weighted by molar-refractivity contribution is 0.281. The fourth-order valence-electron chi connectivity index (χ4n) is 3.06. The molecule has 1 aliphatic carbocycles. The molecule has 0 radical (unpaired) electrons. The molecule has 4 rings (SSSR count). The van der Waals surface area contributed by atoms with Gasteiger partial charge in [0.1, 0.15) is 0 Å². The van der Waals surface area contributed by atoms with Gasteiger partial charge in [-0.15, -0.1) is 0 Å². The van der Waals surface area contributed by atoms with Crippen LogP contribution in [-0.2, 0) is 6.54 Å². The lowest BCUT2D eigenvalue weighted by Crippen LogP contribution is -1.97. The van der Waals surface area contributed by atoms with Crippen molar-refractivity contribution >= 4 is 11.0 Å². The van der Waals surface area contributed by atoms with Crippen molar-refractivity contribution in [1.29, 1.82) is 0 Å². The van der Waals surface area contributed by atoms with Crippen LogP contribution in [0.2, 0.25) is 0 Å². The molecule has 1 aliphatic rings. The number of hydrogen-bond acceptors (Lipinski definition) is 3. The van der Waals surface area contributed by atoms with Gasteiger partial charge >= 0.3 is 0 Å². The molecule has 0 saturated heterocycles. The molecule has 2 heterocycles. The molecule has 4 heteroatoms. The standard InChI is InChI=1S/C19H21N3O/c23-10-2-1-9-22-13-21-17-6-5-16(12-19(17)22)18-11-15(7-8-20-18)14-3-4-14/h5-8,11-14,23H,1-4,9-10H2. The lowest BCUT2D eigenvalue weighted by atomic mass is 10.1. The predicted molar refractivity (Wildman–Crippen MR) is 91.3 cm³/mol. The Hall–Kier alpha value is -2.20. The largest absolute Gasteiger partial charge is 0.396 e. The van der Waals surface area contributed by atoms with Crippen LogP contribution >= 0.6 is 0 Å². The smallest absolute Gasteiger partial charge is 0.0958 e. The van der Waals surface area contributed by atoms with Gasteiger partial charge in [0.25, 0.3) is 0 Å². The molecule has 1 N–H and O–H groups in total. The third-order valence-electron chi connectivity index (χ3n) is 4.56. The summed E-state index contributed by atoms with van der Waals surface area (Å²) in [4.78, 5) is 9.02. The van der Waals surface area contributed by atoms with E-state index in [9.17, 15) is 0 Å². The van der Waals surface area contributed by atoms with E-state index in [0.717, 1.165) is 47.6 Å². The van der Waals surface area contributed by atoms with E-state index in [1.165, 1.54) is 18.4 Å². The quantitative estimate of drug-likeness (QED) is 0.706. The summed E-state index contributed by atoms with van der Waals surface area (Å²) < 4.78 is 2.17. The first-order chi connectivity index (χ1) is 11.3. The molecule has 3 aromatic rings. The highest BCUT2D eigenvalue weighted by molar-refractivity contribution is 5.81. The maximum absolute atomic E-state index is 8.94. The maximum Gasteiger partial charge on any atom is 0.0958 e. The zero-order chi connectivity index (χ0) is 15.6. The first-order valence-corrected chi connectivity index (χ1v) is 8.37. The van der Waals surface area contributed by atoms with E-state index in [2.05, 4.69) is 44.9 Å². The van der Waals surface area contributed by atoms with Crippen LogP contribution in [0.15, 0.2) is 42.9 Å². The van der Waals surface area contributed by atoms with Gasteiger partial charge in [0.15, 0.2) is 0 Å². The molecule has 0 spiro atoms. The highest BCUT2D eigenvalue weighted by Crippen LogP contribution is 2.40. The summed E-state index contributed by atoms with van der Waals surface area (Å²) in [5, 5.41) is 8.94. The van der Waals surface area contributed by atoms with Crippen LogP contribution in [0, 0.1) is 0 Å². The second kappa shape index (κ2) is 6.13. The Morgan fingerprint density at radius 2 is 2.00 bits per heavy atom. The van der Waals surface area contributed by atoms with E-state index in [1.54, 1.807) is 0 Å². The predicted octanol–water partition coefficient (Wildman–Crippen LogP) is 3.75. The number of hydrogen-bond donors (Lipinski definition) is 1. The van der Waals surface area contributed by atoms with Gasteiger partial charge in [-0.2, -0.15) is 0 Å². The second-order valence-electron chi connectivity index (χ2n) is 6.32. The molecule has 0 aliphatic heterocycles. The molecule has 118 valence electrons. The highest BCUT2D eigenvalue weighted by Gasteiger charge is 2.23. The van der Waals surface area contributed by atoms with Gasteiger partial charge in [-0.25, -0.2) is 4.98 Å². The van der Waals surface area contributed by atoms with Gasteiger partial charge in [0.2, 0.25) is 0 Å². The number of aliphatic hydroxyl groups is 1. The Balaban J connectivity index is 1.67. The average molecular weight is 307 g/mol. The Labute approximate surface area is 135 Å². The van der Waals surface area contributed by atoms with Crippen molar-refractivity contribution < 1.29 is 5.11 Å². The number of benzene rings is 1. The number of pyridine rings is 1. The molecule has 0 atom stereocenters. The number of aryl methyl sites for hydroxylation is 1. The van der Waals surface area contributed by atoms with E-state index in [-0.39, 0.29) is 6.61 Å². The number of rotatable bonds is 6. The fraction of sp³-hybridized carbons (Fsp3) is 0.368. The molecule has 0 amide bonds. The first kappa shape index (κ1) is 14.4. The van der Waals surface area contributed by atoms with Crippen molar-refractivity contribution in [3.63, 3.8) is 0 Å². The van der Waals surface area contributed by atoms with Gasteiger partial charge in [0.05, 0.1) is 23.1 Å². The minimum absolute atomic E-state index is 0.246. The SMILES string of the molecule is OCCCCn1cnc2ccc(-c3cc(C4CC4)ccn3)cc21. The van der Waals surface area contributed by atoms with E-state index >= 15 is 0 Å². The molecule has 0 bridgehead atoms. The molecule has 23 heavy (non-hydrogen) atoms. The first-order valence-electron chi connectivity index (χ1n) is 8.37. The van der Waals surface area contributed by atoms with Crippen molar-refractivity contribution in [2.75, 3.05) is 6.61 Å². The van der Waals surface area contributed by atoms with Crippen LogP contribution in [0.1, 0.15) is 37.2 Å². The van der Waals surface area contributed by atoms with Gasteiger partial charge in [0, 0.05) is 24.9 Å². The summed E-state index contributed by atoms with van der Waals surface area (Å²) in [5.41, 5.74) is 5.74. The summed E-state index contributed by atoms with van der Waals surface area (Å²) in [7, 11) is 0. The Morgan fingerprint density at radius 1 is 1.09 bits per heavy atom. The van der Waals surface area contributed by atoms with Crippen molar-refractivity contribution in [3.8, 4) is 11.3 Å². The lowest BCUT2D eigenvalue weighted by Gasteiger charge is -2.06. The zero-order valence-corrected chi connectivity index (χ0v) is 13.2. The van der Waals surface area contributed by atoms with E-state index in [0.29, 0.717) is 0 Å². The number of aliphatic hydroxyl groups excluding tert-OH is 1. The maximum atomic E-state index is 8.94. The van der Waals surface area contributed by atoms with Crippen LogP contribution in [0.5, 0.6) is 0 Å². The number of aromatic nitrogens is 3. The highest BCUT2D eigenvalue weighted by atomic mass is 16.2. The number of imidazole rings is 1. The normalized spacial score (nSPS) is 14.5. The van der Waals surface area contributed by atoms with Crippen LogP contribution in [0.3, 0.4) is 0 Å². The van der Waals surface area contributed by atoms with E-state index in [1.807, 2.05) is 12.5 Å². The topological polar surface area (TPSA) is 50.9 Å². The number of unbranched alkanes of at least 4 members (excludes halogenated alkanes) is 1. The van der Waals surface area contributed by atoms with Crippen molar-refractivity contribution in [1.82, 2.24) is 14.5 Å². The zero-order valence-electron chi connectivity index (χ0n) is 13.2. The van der Waals surface area contributed by atoms with Gasteiger partial charge in [-0.3, -0.25) is 4.98 Å². The van der Waals surface area contributed by atoms with E-state index in [4.69, 9.17) is 5.11 Å². The number of fused-ring (bicyclic) bond motifs is 1. The summed E-state index contributed by atoms with van der Waals surface area (Å²) in [6, 6.07) is 10.7. The molecule has 1 aromatic carbocycles. The van der Waals surface area contributed by atoms with Crippen molar-refractivity contribution in [3.05, 3.63) is 48.4 Å². The molecule has 0 unspecified atom stereocenters. The number of nitrogens with zero attached hydrogens (tertiary/aromatic N) is 3. The minimum Gasteiger partial charge on any atom is -0.396 e. The summed E-state index contributed by atoms with van der Waals surface area (Å²) in [6.07, 6.45) is 8.21. The van der Waals surface area contributed by atoms with Crippen LogP contribution in [0.4, 0.5) is 0 Å². The summed E-state index contributed by atoms with van der Waals surface area (Å²) >= 11 is 0. The van der Waals surface area contributed by atoms with Gasteiger partial charge in [-0.05, 0) is 61.4 Å². The van der Waals surface area contributed by atoms with E-state index < -0.39 is 0 Å². The van der Waals surface area contributed by atoms with Gasteiger partial charge < -0.3 is 9.67 Å². The third kappa shape index (κ3) is 2.99. The minimum atomic E-state index is 0.246. The molecule has 4 nitrogen and oxygen atoms in total. The molecule has 2 aromatic heterocycles. The molecular formula is C19H21N3O. The van der Waals surface area contributed by atoms with Crippen LogP contribution in [-0.4, -0.2) is 26.2 Å². The van der Waals surface area contributed by atoms with Crippen LogP contribution in [0.25, 0.3) is 22.3 Å². The molecule has 1 fully saturated rings. The summed E-state index contributed by atoms with van der Waals surface area (Å²) in [6.45, 7) is 1.13. The van der Waals surface area contributed by atoms with Crippen molar-refractivity contribution in [2.24, 2.45) is 0 Å². The average Bonchev–Trinajstić information content (AvgIpc) is 3.37. The monoisotopic (exact) mass is 307 g/mol. The van der Waals surface area contributed by atoms with Gasteiger partial charge in [-0.1, -0.05) is 6.07 Å². The van der Waals surface area contributed by atoms with Crippen LogP contribution < -0.4 is 0 Å². The van der Waals surface area contributed by atoms with Crippen molar-refractivity contribution in [2.45, 2.75) is 38.1 Å². The third-order valence-corrected chi connectivity index (χ3v) is 4.56. The Kier molecular flexibility index (Phi) is 3.83. The summed E-state index contributed by atoms with van der Waals surface area (Å²) in [5.74, 6) is 0.740. The molecule has 1 saturated carbocycles. The fourth-order valence-corrected chi connectivity index (χ4v) is 3.06. The Bertz CT molecular complexity index is 820. The second-order valence-corrected chi connectivity index (χ2v) is 6.32. The Morgan fingerprint density at radius 3 is 2.83 bits per heavy atom.